The largest absolute Gasteiger partial charge is 0.455 e. The highest BCUT2D eigenvalue weighted by Crippen LogP contribution is 2.38. The average molecular weight is 444 g/mol. The van der Waals surface area contributed by atoms with Gasteiger partial charge in [-0.05, 0) is 58.9 Å². The normalized spacial score (nSPS) is 15.3. The summed E-state index contributed by atoms with van der Waals surface area (Å²) >= 11 is 0. The van der Waals surface area contributed by atoms with E-state index < -0.39 is 12.7 Å². The van der Waals surface area contributed by atoms with Crippen LogP contribution in [0.25, 0.3) is 44.3 Å². The Bertz CT molecular complexity index is 1770. The van der Waals surface area contributed by atoms with Gasteiger partial charge >= 0.3 is 0 Å². The molecule has 0 aliphatic carbocycles. The summed E-state index contributed by atoms with van der Waals surface area (Å²) in [5.41, 5.74) is 6.11. The second kappa shape index (κ2) is 8.31. The van der Waals surface area contributed by atoms with Gasteiger partial charge in [0.15, 0.2) is 0 Å². The molecule has 0 saturated carbocycles. The lowest BCUT2D eigenvalue weighted by atomic mass is 9.90. The first-order valence-electron chi connectivity index (χ1n) is 13.3. The fraction of sp³-hybridized carbons (Fsp3) is 0.0938. The summed E-state index contributed by atoms with van der Waals surface area (Å²) < 4.78 is 40.0. The number of rotatable bonds is 4. The topological polar surface area (TPSA) is 26.0 Å². The Kier molecular flexibility index (Phi) is 4.02. The Hall–Kier alpha value is -4.17. The van der Waals surface area contributed by atoms with Crippen molar-refractivity contribution in [2.45, 2.75) is 19.7 Å². The van der Waals surface area contributed by atoms with Crippen LogP contribution in [0.1, 0.15) is 35.0 Å². The van der Waals surface area contributed by atoms with Gasteiger partial charge in [0.2, 0.25) is 0 Å². The highest BCUT2D eigenvalue weighted by molar-refractivity contribution is 6.10. The van der Waals surface area contributed by atoms with E-state index in [1.54, 1.807) is 13.0 Å². The van der Waals surface area contributed by atoms with E-state index in [4.69, 9.17) is 8.53 Å². The second-order valence-corrected chi connectivity index (χ2v) is 8.47. The van der Waals surface area contributed by atoms with E-state index in [2.05, 4.69) is 29.2 Å². The first-order valence-corrected chi connectivity index (χ1v) is 11.3. The Morgan fingerprint density at radius 3 is 2.38 bits per heavy atom. The summed E-state index contributed by atoms with van der Waals surface area (Å²) in [7, 11) is 0. The van der Waals surface area contributed by atoms with Gasteiger partial charge in [-0.25, -0.2) is 0 Å². The monoisotopic (exact) mass is 443 g/mol. The predicted octanol–water partition coefficient (Wildman–Crippen LogP) is 8.78. The molecule has 1 atom stereocenters. The average Bonchev–Trinajstić information content (AvgIpc) is 3.31. The molecular formula is C32H25NO. The summed E-state index contributed by atoms with van der Waals surface area (Å²) in [6.45, 7) is -0.680. The number of aryl methyl sites for hydroxylation is 1. The molecule has 34 heavy (non-hydrogen) atoms. The summed E-state index contributed by atoms with van der Waals surface area (Å²) in [5, 5.41) is 1.95. The minimum Gasteiger partial charge on any atom is -0.455 e. The molecule has 2 heterocycles. The van der Waals surface area contributed by atoms with Crippen molar-refractivity contribution in [1.82, 2.24) is 4.98 Å². The van der Waals surface area contributed by atoms with E-state index in [-0.39, 0.29) is 5.56 Å². The van der Waals surface area contributed by atoms with E-state index in [0.717, 1.165) is 33.0 Å². The van der Waals surface area contributed by atoms with E-state index in [0.29, 0.717) is 22.4 Å². The minimum atomic E-state index is -2.41. The third-order valence-corrected chi connectivity index (χ3v) is 6.40. The molecular weight excluding hydrogens is 414 g/mol. The van der Waals surface area contributed by atoms with Crippen LogP contribution in [0.3, 0.4) is 0 Å². The molecule has 6 aromatic rings. The lowest BCUT2D eigenvalue weighted by Crippen LogP contribution is -2.00. The van der Waals surface area contributed by atoms with Gasteiger partial charge in [-0.15, -0.1) is 0 Å². The van der Waals surface area contributed by atoms with Crippen LogP contribution in [-0.4, -0.2) is 4.98 Å². The quantitative estimate of drug-likeness (QED) is 0.272. The molecule has 0 fully saturated rings. The van der Waals surface area contributed by atoms with Crippen LogP contribution in [0.2, 0.25) is 0 Å². The zero-order valence-corrected chi connectivity index (χ0v) is 18.7. The van der Waals surface area contributed by atoms with Gasteiger partial charge in [-0.2, -0.15) is 0 Å². The van der Waals surface area contributed by atoms with Crippen LogP contribution in [0, 0.1) is 6.85 Å². The first kappa shape index (κ1) is 16.4. The summed E-state index contributed by atoms with van der Waals surface area (Å²) in [5.74, 6) is -1.30. The molecule has 0 saturated heterocycles. The van der Waals surface area contributed by atoms with Crippen LogP contribution in [0.15, 0.2) is 114 Å². The van der Waals surface area contributed by atoms with Gasteiger partial charge < -0.3 is 4.42 Å². The number of fused-ring (bicyclic) bond motifs is 3. The Labute approximate surface area is 205 Å². The predicted molar refractivity (Wildman–Crippen MR) is 141 cm³/mol. The van der Waals surface area contributed by atoms with Crippen LogP contribution in [0.4, 0.5) is 0 Å². The number of hydrogen-bond donors (Lipinski definition) is 0. The molecule has 0 amide bonds. The molecule has 0 bridgehead atoms. The molecule has 1 unspecified atom stereocenters. The number of para-hydroxylation sites is 1. The zero-order chi connectivity index (χ0) is 26.5. The van der Waals surface area contributed by atoms with Crippen molar-refractivity contribution in [1.29, 1.82) is 0 Å². The molecule has 4 aromatic carbocycles. The standard InChI is InChI=1S/C32H25NO/c1-21-20-33-30(19-29(21)22(2)23-10-5-3-6-11-23)28-15-9-14-27-26-17-16-25(18-31(26)34-32(27)28)24-12-7-4-8-13-24/h3-20,22H,1-2H3/i1D3,22D. The smallest absolute Gasteiger partial charge is 0.144 e. The van der Waals surface area contributed by atoms with Crippen molar-refractivity contribution in [3.63, 3.8) is 0 Å². The van der Waals surface area contributed by atoms with Gasteiger partial charge in [0, 0.05) is 33.9 Å². The first-order chi connectivity index (χ1) is 18.2. The number of nitrogens with zero attached hydrogens (tertiary/aromatic N) is 1. The zero-order valence-electron chi connectivity index (χ0n) is 22.7. The lowest BCUT2D eigenvalue weighted by molar-refractivity contribution is 0.670. The summed E-state index contributed by atoms with van der Waals surface area (Å²) in [4.78, 5) is 4.57. The Morgan fingerprint density at radius 1 is 0.794 bits per heavy atom. The molecule has 2 aromatic heterocycles. The number of hydrogen-bond acceptors (Lipinski definition) is 2. The van der Waals surface area contributed by atoms with E-state index in [9.17, 15) is 1.37 Å². The van der Waals surface area contributed by atoms with Crippen molar-refractivity contribution in [3.05, 3.63) is 126 Å². The van der Waals surface area contributed by atoms with Gasteiger partial charge in [0.25, 0.3) is 0 Å². The molecule has 0 spiro atoms. The van der Waals surface area contributed by atoms with Gasteiger partial charge in [0.1, 0.15) is 11.2 Å². The van der Waals surface area contributed by atoms with E-state index in [1.165, 1.54) is 6.20 Å². The Morgan fingerprint density at radius 2 is 1.59 bits per heavy atom. The molecule has 0 aliphatic heterocycles. The molecule has 2 heteroatoms. The van der Waals surface area contributed by atoms with Crippen molar-refractivity contribution >= 4 is 21.9 Å². The third-order valence-electron chi connectivity index (χ3n) is 6.40. The van der Waals surface area contributed by atoms with Crippen molar-refractivity contribution in [2.75, 3.05) is 0 Å². The third kappa shape index (κ3) is 3.48. The van der Waals surface area contributed by atoms with Crippen LogP contribution in [0.5, 0.6) is 0 Å². The maximum Gasteiger partial charge on any atom is 0.144 e. The molecule has 0 N–H and O–H groups in total. The number of pyridine rings is 1. The Balaban J connectivity index is 1.54. The van der Waals surface area contributed by atoms with Crippen molar-refractivity contribution in [3.8, 4) is 22.4 Å². The van der Waals surface area contributed by atoms with E-state index in [1.807, 2.05) is 72.8 Å². The summed E-state index contributed by atoms with van der Waals surface area (Å²) in [6, 6.07) is 33.3. The molecule has 6 rings (SSSR count). The minimum absolute atomic E-state index is 0.0758. The van der Waals surface area contributed by atoms with Crippen molar-refractivity contribution < 1.29 is 9.90 Å². The highest BCUT2D eigenvalue weighted by Gasteiger charge is 2.17. The summed E-state index contributed by atoms with van der Waals surface area (Å²) in [6.07, 6.45) is 1.39. The number of furan rings is 1. The lowest BCUT2D eigenvalue weighted by Gasteiger charge is -2.16. The van der Waals surface area contributed by atoms with Gasteiger partial charge in [-0.3, -0.25) is 4.98 Å². The molecule has 2 nitrogen and oxygen atoms in total. The SMILES string of the molecule is [2H]C([2H])([2H])c1cnc(-c2cccc3c2oc2cc(-c4ccccc4)ccc23)cc1C([2H])(C)c1ccccc1. The van der Waals surface area contributed by atoms with Crippen LogP contribution >= 0.6 is 0 Å². The maximum atomic E-state index is 9.24. The second-order valence-electron chi connectivity index (χ2n) is 8.47. The van der Waals surface area contributed by atoms with Crippen LogP contribution in [-0.2, 0) is 0 Å². The molecule has 0 radical (unpaired) electrons. The molecule has 0 aliphatic rings. The number of aromatic nitrogens is 1. The van der Waals surface area contributed by atoms with Gasteiger partial charge in [0.05, 0.1) is 5.69 Å². The fourth-order valence-electron chi connectivity index (χ4n) is 4.57. The van der Waals surface area contributed by atoms with Crippen molar-refractivity contribution in [2.24, 2.45) is 0 Å². The van der Waals surface area contributed by atoms with E-state index >= 15 is 0 Å². The number of benzene rings is 4. The van der Waals surface area contributed by atoms with Crippen LogP contribution < -0.4 is 0 Å². The maximum absolute atomic E-state index is 9.24. The van der Waals surface area contributed by atoms with Gasteiger partial charge in [-0.1, -0.05) is 85.8 Å². The molecule has 164 valence electrons. The highest BCUT2D eigenvalue weighted by atomic mass is 16.3. The fourth-order valence-corrected chi connectivity index (χ4v) is 4.57.